The monoisotopic (exact) mass is 930 g/mol. The largest absolute Gasteiger partial charge is 0.494 e. The summed E-state index contributed by atoms with van der Waals surface area (Å²) in [5.41, 5.74) is 8.29. The van der Waals surface area contributed by atoms with Gasteiger partial charge in [0.2, 0.25) is 11.8 Å². The number of aliphatic carboxylic acids is 1. The minimum absolute atomic E-state index is 0.150. The molecule has 22 nitrogen and oxygen atoms in total. The average Bonchev–Trinajstić information content (AvgIpc) is 3.27. The molecule has 350 valence electrons. The number of aromatic nitrogens is 1. The van der Waals surface area contributed by atoms with Gasteiger partial charge in [0.25, 0.3) is 33.7 Å². The summed E-state index contributed by atoms with van der Waals surface area (Å²) in [7, 11) is -4.45. The van der Waals surface area contributed by atoms with E-state index in [4.69, 9.17) is 10.5 Å². The predicted octanol–water partition coefficient (Wildman–Crippen LogP) is 0.754. The van der Waals surface area contributed by atoms with Crippen LogP contribution in [0.5, 0.6) is 5.75 Å². The van der Waals surface area contributed by atoms with E-state index in [0.717, 1.165) is 0 Å². The summed E-state index contributed by atoms with van der Waals surface area (Å²) < 4.78 is 38.3. The molecule has 1 aliphatic rings. The van der Waals surface area contributed by atoms with Crippen LogP contribution in [0.4, 0.5) is 5.82 Å². The summed E-state index contributed by atoms with van der Waals surface area (Å²) in [5, 5.41) is 28.1. The first-order valence-corrected chi connectivity index (χ1v) is 21.7. The number of carboxylic acid groups (broad SMARTS) is 1. The first-order valence-electron chi connectivity index (χ1n) is 20.3. The van der Waals surface area contributed by atoms with Crippen molar-refractivity contribution in [2.75, 3.05) is 31.7 Å². The minimum Gasteiger partial charge on any atom is -0.494 e. The van der Waals surface area contributed by atoms with Gasteiger partial charge in [0.05, 0.1) is 31.0 Å². The molecule has 23 heteroatoms. The van der Waals surface area contributed by atoms with Gasteiger partial charge >= 0.3 is 5.97 Å². The van der Waals surface area contributed by atoms with Gasteiger partial charge in [-0.15, -0.1) is 0 Å². The van der Waals surface area contributed by atoms with Crippen molar-refractivity contribution in [3.05, 3.63) is 118 Å². The minimum atomic E-state index is -4.45. The normalized spacial score (nSPS) is 16.6. The Hall–Kier alpha value is -7.76. The molecule has 3 aromatic rings. The lowest BCUT2D eigenvalue weighted by Crippen LogP contribution is -2.51. The van der Waals surface area contributed by atoms with Crippen molar-refractivity contribution in [3.63, 3.8) is 0 Å². The highest BCUT2D eigenvalue weighted by Crippen LogP contribution is 2.16. The molecule has 4 rings (SSSR count). The molecule has 0 bridgehead atoms. The van der Waals surface area contributed by atoms with Gasteiger partial charge in [-0.2, -0.15) is 13.5 Å². The lowest BCUT2D eigenvalue weighted by atomic mass is 10.0. The number of carbonyl (C=O) groups is 7. The van der Waals surface area contributed by atoms with Crippen LogP contribution in [-0.2, 0) is 45.3 Å². The number of nitrogens with one attached hydrogen (secondary N) is 7. The maximum atomic E-state index is 13.8. The molecule has 0 radical (unpaired) electrons. The zero-order chi connectivity index (χ0) is 48.2. The third-order valence-corrected chi connectivity index (χ3v) is 10.1. The number of nitrogens with zero attached hydrogens (tertiary/aromatic N) is 2. The van der Waals surface area contributed by atoms with E-state index in [9.17, 15) is 51.6 Å². The van der Waals surface area contributed by atoms with Gasteiger partial charge in [-0.25, -0.2) is 9.78 Å². The standard InChI is InChI=1S/C43H50N10O12S/c1-26(2)38-43(61)50-31(10-4-3-7-18-44)40(58)47-25-36(54)49-33(22-37(55)56)41(59)51-32(42(60)52-38)21-27-12-15-30(16-13-27)65-20-8-19-45-39(57)29-14-17-35(46-23-29)53-48-24-28-9-5-6-11-34(28)66(62,63)64/h5-6,9-17,22-24,32H,3-4,7-8,18-21,25,44H2,1-2H3,(H,45,57)(H,46,53)(H,47,58)(H,49,54)(H,50,61)(H,51,59)(H,52,60)(H,55,56)(H,62,63,64)/b31-10-,33-22+,48-24+/t32-/m1/s1. The Labute approximate surface area is 379 Å². The molecule has 11 N–H and O–H groups in total. The van der Waals surface area contributed by atoms with Crippen LogP contribution in [-0.4, -0.2) is 103 Å². The third kappa shape index (κ3) is 16.4. The maximum absolute atomic E-state index is 13.8. The Kier molecular flexibility index (Phi) is 19.2. The molecule has 2 aromatic carbocycles. The van der Waals surface area contributed by atoms with Crippen LogP contribution in [0.3, 0.4) is 0 Å². The van der Waals surface area contributed by atoms with E-state index in [2.05, 4.69) is 47.4 Å². The molecule has 1 saturated heterocycles. The van der Waals surface area contributed by atoms with Crippen molar-refractivity contribution in [3.8, 4) is 5.75 Å². The molecular formula is C43H50N10O12S. The number of hydrogen-bond acceptors (Lipinski definition) is 14. The molecule has 0 aliphatic carbocycles. The highest BCUT2D eigenvalue weighted by atomic mass is 32.2. The number of pyridine rings is 1. The lowest BCUT2D eigenvalue weighted by molar-refractivity contribution is -0.132. The van der Waals surface area contributed by atoms with Crippen LogP contribution < -0.4 is 47.8 Å². The second-order valence-electron chi connectivity index (χ2n) is 14.5. The number of carbonyl (C=O) groups excluding carboxylic acids is 6. The fraction of sp³-hybridized carbons (Fsp3) is 0.279. The zero-order valence-electron chi connectivity index (χ0n) is 35.9. The Morgan fingerprint density at radius 3 is 2.33 bits per heavy atom. The Balaban J connectivity index is 1.37. The number of ether oxygens (including phenoxy) is 1. The summed E-state index contributed by atoms with van der Waals surface area (Å²) in [5.74, 6) is -5.97. The fourth-order valence-electron chi connectivity index (χ4n) is 5.82. The SMILES string of the molecule is CC(C)=C1NC(=O)[C@@H](Cc2ccc(OCCCNC(=O)c3ccc(N/N=C/c4ccccc4S(=O)(=O)O)nc3)cc2)NC(=O)/C(=C\C(=O)O)NC(=O)CNC(=O)/C(=C/CCCCN)NC1=O. The number of hydrogen-bond donors (Lipinski definition) is 10. The average molecular weight is 931 g/mol. The molecule has 2 heterocycles. The van der Waals surface area contributed by atoms with Crippen LogP contribution in [0, 0.1) is 0 Å². The number of carboxylic acids is 1. The summed E-state index contributed by atoms with van der Waals surface area (Å²) >= 11 is 0. The lowest BCUT2D eigenvalue weighted by Gasteiger charge is -2.21. The molecule has 1 fully saturated rings. The summed E-state index contributed by atoms with van der Waals surface area (Å²) in [6, 6.07) is 13.7. The van der Waals surface area contributed by atoms with Crippen LogP contribution in [0.1, 0.15) is 61.0 Å². The van der Waals surface area contributed by atoms with Crippen molar-refractivity contribution in [1.82, 2.24) is 36.9 Å². The zero-order valence-corrected chi connectivity index (χ0v) is 36.7. The van der Waals surface area contributed by atoms with Crippen molar-refractivity contribution >= 4 is 63.6 Å². The van der Waals surface area contributed by atoms with Crippen molar-refractivity contribution in [2.45, 2.75) is 56.9 Å². The first-order chi connectivity index (χ1) is 31.4. The van der Waals surface area contributed by atoms with E-state index in [0.29, 0.717) is 55.2 Å². The van der Waals surface area contributed by atoms with E-state index in [1.165, 1.54) is 48.8 Å². The number of benzene rings is 2. The number of nitrogens with two attached hydrogens (primary N) is 1. The molecule has 1 atom stereocenters. The van der Waals surface area contributed by atoms with Gasteiger partial charge in [-0.1, -0.05) is 36.4 Å². The number of anilines is 1. The molecule has 0 unspecified atom stereocenters. The predicted molar refractivity (Wildman–Crippen MR) is 239 cm³/mol. The van der Waals surface area contributed by atoms with Gasteiger partial charge < -0.3 is 47.5 Å². The van der Waals surface area contributed by atoms with Crippen LogP contribution in [0.2, 0.25) is 0 Å². The highest BCUT2D eigenvalue weighted by molar-refractivity contribution is 7.86. The van der Waals surface area contributed by atoms with Crippen LogP contribution in [0.25, 0.3) is 0 Å². The maximum Gasteiger partial charge on any atom is 0.330 e. The number of unbranched alkanes of at least 4 members (excludes halogenated alkanes) is 2. The molecule has 0 spiro atoms. The summed E-state index contributed by atoms with van der Waals surface area (Å²) in [4.78, 5) is 94.7. The van der Waals surface area contributed by atoms with Gasteiger partial charge in [-0.05, 0) is 87.5 Å². The Morgan fingerprint density at radius 1 is 0.924 bits per heavy atom. The molecule has 6 amide bonds. The van der Waals surface area contributed by atoms with E-state index >= 15 is 0 Å². The molecule has 1 aliphatic heterocycles. The highest BCUT2D eigenvalue weighted by Gasteiger charge is 2.28. The number of allylic oxidation sites excluding steroid dienone is 2. The van der Waals surface area contributed by atoms with Gasteiger partial charge in [-0.3, -0.25) is 38.7 Å². The Bertz CT molecular complexity index is 2520. The summed E-state index contributed by atoms with van der Waals surface area (Å²) in [6.07, 6.45) is 6.20. The Morgan fingerprint density at radius 2 is 1.67 bits per heavy atom. The second kappa shape index (κ2) is 24.9. The second-order valence-corrected chi connectivity index (χ2v) is 15.9. The number of rotatable bonds is 17. The number of hydrazone groups is 1. The van der Waals surface area contributed by atoms with Gasteiger partial charge in [0.1, 0.15) is 39.6 Å². The van der Waals surface area contributed by atoms with Crippen molar-refractivity contribution in [2.24, 2.45) is 10.8 Å². The first kappa shape index (κ1) is 50.9. The van der Waals surface area contributed by atoms with E-state index in [1.807, 2.05) is 0 Å². The van der Waals surface area contributed by atoms with Gasteiger partial charge in [0, 0.05) is 24.7 Å². The quantitative estimate of drug-likeness (QED) is 0.0294. The van der Waals surface area contributed by atoms with E-state index in [1.54, 1.807) is 44.2 Å². The van der Waals surface area contributed by atoms with E-state index in [-0.39, 0.29) is 52.8 Å². The van der Waals surface area contributed by atoms with Crippen LogP contribution >= 0.6 is 0 Å². The van der Waals surface area contributed by atoms with E-state index < -0.39 is 69.8 Å². The number of amides is 6. The third-order valence-electron chi connectivity index (χ3n) is 9.14. The van der Waals surface area contributed by atoms with Gasteiger partial charge in [0.15, 0.2) is 0 Å². The van der Waals surface area contributed by atoms with Crippen molar-refractivity contribution in [1.29, 1.82) is 0 Å². The molecule has 0 saturated carbocycles. The summed E-state index contributed by atoms with van der Waals surface area (Å²) in [6.45, 7) is 3.23. The smallest absolute Gasteiger partial charge is 0.330 e. The van der Waals surface area contributed by atoms with Crippen LogP contribution in [0.15, 0.2) is 112 Å². The topological polar surface area (TPSA) is 339 Å². The molecular weight excluding hydrogens is 881 g/mol. The van der Waals surface area contributed by atoms with Crippen molar-refractivity contribution < 1.29 is 56.4 Å². The fourth-order valence-corrected chi connectivity index (χ4v) is 6.49. The molecule has 1 aromatic heterocycles. The molecule has 66 heavy (non-hydrogen) atoms.